The fourth-order valence-electron chi connectivity index (χ4n) is 1.27. The maximum Gasteiger partial charge on any atom is 0.337 e. The van der Waals surface area contributed by atoms with Crippen molar-refractivity contribution in [3.05, 3.63) is 23.8 Å². The van der Waals surface area contributed by atoms with E-state index in [9.17, 15) is 9.59 Å². The van der Waals surface area contributed by atoms with Gasteiger partial charge < -0.3 is 16.2 Å². The highest BCUT2D eigenvalue weighted by atomic mass is 35.5. The van der Waals surface area contributed by atoms with Gasteiger partial charge in [0.2, 0.25) is 5.91 Å². The lowest BCUT2D eigenvalue weighted by molar-refractivity contribution is -0.114. The van der Waals surface area contributed by atoms with Gasteiger partial charge in [-0.1, -0.05) is 0 Å². The van der Waals surface area contributed by atoms with E-state index in [4.69, 9.17) is 22.4 Å². The molecule has 0 saturated carbocycles. The molecule has 0 saturated heterocycles. The highest BCUT2D eigenvalue weighted by molar-refractivity contribution is 6.28. The Morgan fingerprint density at radius 2 is 2.17 bits per heavy atom. The third kappa shape index (κ3) is 3.74. The summed E-state index contributed by atoms with van der Waals surface area (Å²) in [6, 6.07) is 4.30. The number of alkyl halides is 1. The molecule has 96 valence electrons. The summed E-state index contributed by atoms with van der Waals surface area (Å²) < 4.78 is 0. The van der Waals surface area contributed by atoms with Crippen molar-refractivity contribution >= 4 is 40.7 Å². The number of rotatable bonds is 4. The molecule has 0 heterocycles. The third-order valence-electron chi connectivity index (χ3n) is 1.95. The van der Waals surface area contributed by atoms with E-state index in [0.29, 0.717) is 5.69 Å². The van der Waals surface area contributed by atoms with Crippen LogP contribution in [0.5, 0.6) is 0 Å². The van der Waals surface area contributed by atoms with Gasteiger partial charge in [-0.25, -0.2) is 9.79 Å². The van der Waals surface area contributed by atoms with Gasteiger partial charge in [0.25, 0.3) is 0 Å². The summed E-state index contributed by atoms with van der Waals surface area (Å²) >= 11 is 5.47. The van der Waals surface area contributed by atoms with E-state index in [1.54, 1.807) is 0 Å². The monoisotopic (exact) mass is 269 g/mol. The average Bonchev–Trinajstić information content (AvgIpc) is 2.29. The Bertz CT molecular complexity index is 514. The fourth-order valence-corrected chi connectivity index (χ4v) is 1.33. The maximum atomic E-state index is 11.1. The number of carboxylic acids is 1. The van der Waals surface area contributed by atoms with Crippen molar-refractivity contribution in [2.24, 2.45) is 10.7 Å². The molecule has 0 bridgehead atoms. The molecule has 0 aliphatic carbocycles. The normalized spacial score (nSPS) is 11.1. The lowest BCUT2D eigenvalue weighted by Gasteiger charge is -2.06. The molecule has 0 fully saturated rings. The lowest BCUT2D eigenvalue weighted by atomic mass is 10.1. The molecule has 1 amide bonds. The molecule has 6 nitrogen and oxygen atoms in total. The van der Waals surface area contributed by atoms with Crippen LogP contribution in [0.1, 0.15) is 17.3 Å². The second-order valence-corrected chi connectivity index (χ2v) is 3.72. The van der Waals surface area contributed by atoms with Crippen LogP contribution in [0, 0.1) is 0 Å². The Hall–Kier alpha value is -2.08. The van der Waals surface area contributed by atoms with E-state index in [-0.39, 0.29) is 28.9 Å². The van der Waals surface area contributed by atoms with E-state index >= 15 is 0 Å². The number of aromatic carboxylic acids is 1. The van der Waals surface area contributed by atoms with Crippen molar-refractivity contribution in [3.8, 4) is 0 Å². The summed E-state index contributed by atoms with van der Waals surface area (Å²) in [5.41, 5.74) is 5.96. The number of nitrogens with two attached hydrogens (primary N) is 1. The number of nitrogens with zero attached hydrogens (tertiary/aromatic N) is 1. The molecule has 0 aliphatic heterocycles. The average molecular weight is 270 g/mol. The van der Waals surface area contributed by atoms with Crippen LogP contribution in [0.4, 0.5) is 11.4 Å². The Kier molecular flexibility index (Phi) is 4.67. The zero-order valence-electron chi connectivity index (χ0n) is 9.61. The summed E-state index contributed by atoms with van der Waals surface area (Å²) in [4.78, 5) is 25.8. The summed E-state index contributed by atoms with van der Waals surface area (Å²) in [6.07, 6.45) is 0. The van der Waals surface area contributed by atoms with E-state index < -0.39 is 5.97 Å². The zero-order valence-corrected chi connectivity index (χ0v) is 10.4. The summed E-state index contributed by atoms with van der Waals surface area (Å²) in [7, 11) is 0. The number of carbonyl (C=O) groups is 2. The van der Waals surface area contributed by atoms with Crippen LogP contribution in [0.2, 0.25) is 0 Å². The largest absolute Gasteiger partial charge is 0.478 e. The van der Waals surface area contributed by atoms with Crippen LogP contribution in [0.25, 0.3) is 0 Å². The second kappa shape index (κ2) is 6.02. The number of hydrogen-bond donors (Lipinski definition) is 3. The quantitative estimate of drug-likeness (QED) is 0.438. The van der Waals surface area contributed by atoms with Crippen molar-refractivity contribution in [2.75, 3.05) is 11.2 Å². The molecule has 1 aromatic carbocycles. The molecule has 0 aliphatic rings. The van der Waals surface area contributed by atoms with Crippen LogP contribution in [0.15, 0.2) is 23.2 Å². The SMILES string of the molecule is CC(=O)Nc1ccc(N=C(N)CCl)c(C(=O)O)c1. The number of carbonyl (C=O) groups excluding carboxylic acids is 1. The van der Waals surface area contributed by atoms with Crippen molar-refractivity contribution in [1.82, 2.24) is 0 Å². The zero-order chi connectivity index (χ0) is 13.7. The molecule has 7 heteroatoms. The number of halogens is 1. The number of aliphatic imine (C=N–C) groups is 1. The van der Waals surface area contributed by atoms with Crippen molar-refractivity contribution in [3.63, 3.8) is 0 Å². The fraction of sp³-hybridized carbons (Fsp3) is 0.182. The first-order valence-electron chi connectivity index (χ1n) is 4.98. The first-order chi connectivity index (χ1) is 8.43. The number of amides is 1. The van der Waals surface area contributed by atoms with E-state index in [1.165, 1.54) is 25.1 Å². The lowest BCUT2D eigenvalue weighted by Crippen LogP contribution is -2.13. The van der Waals surface area contributed by atoms with Gasteiger partial charge in [-0.3, -0.25) is 4.79 Å². The van der Waals surface area contributed by atoms with Gasteiger partial charge in [0.1, 0.15) is 5.84 Å². The van der Waals surface area contributed by atoms with Crippen molar-refractivity contribution in [1.29, 1.82) is 0 Å². The van der Waals surface area contributed by atoms with Gasteiger partial charge >= 0.3 is 5.97 Å². The summed E-state index contributed by atoms with van der Waals surface area (Å²) in [6.45, 7) is 1.33. The van der Waals surface area contributed by atoms with Gasteiger partial charge in [-0.15, -0.1) is 11.6 Å². The smallest absolute Gasteiger partial charge is 0.337 e. The van der Waals surface area contributed by atoms with Gasteiger partial charge in [0.15, 0.2) is 0 Å². The van der Waals surface area contributed by atoms with E-state index in [2.05, 4.69) is 10.3 Å². The Balaban J connectivity index is 3.20. The molecule has 0 spiro atoms. The topological polar surface area (TPSA) is 105 Å². The molecule has 18 heavy (non-hydrogen) atoms. The molecule has 0 atom stereocenters. The number of hydrogen-bond acceptors (Lipinski definition) is 3. The molecule has 0 aromatic heterocycles. The predicted molar refractivity (Wildman–Crippen MR) is 69.7 cm³/mol. The second-order valence-electron chi connectivity index (χ2n) is 3.46. The third-order valence-corrected chi connectivity index (χ3v) is 2.22. The van der Waals surface area contributed by atoms with E-state index in [0.717, 1.165) is 0 Å². The Labute approximate surface area is 108 Å². The first-order valence-corrected chi connectivity index (χ1v) is 5.51. The highest BCUT2D eigenvalue weighted by Gasteiger charge is 2.11. The molecular weight excluding hydrogens is 258 g/mol. The Morgan fingerprint density at radius 3 is 2.67 bits per heavy atom. The maximum absolute atomic E-state index is 11.1. The van der Waals surface area contributed by atoms with E-state index in [1.807, 2.05) is 0 Å². The molecule has 4 N–H and O–H groups in total. The minimum absolute atomic E-state index is 0.00645. The number of benzene rings is 1. The molecule has 1 rings (SSSR count). The molecule has 1 aromatic rings. The number of nitrogens with one attached hydrogen (secondary N) is 1. The van der Waals surface area contributed by atoms with Crippen molar-refractivity contribution < 1.29 is 14.7 Å². The van der Waals surface area contributed by atoms with Gasteiger partial charge in [0.05, 0.1) is 17.1 Å². The molecule has 0 radical (unpaired) electrons. The number of anilines is 1. The van der Waals surface area contributed by atoms with Gasteiger partial charge in [-0.2, -0.15) is 0 Å². The minimum atomic E-state index is -1.16. The van der Waals surface area contributed by atoms with Crippen molar-refractivity contribution in [2.45, 2.75) is 6.92 Å². The van der Waals surface area contributed by atoms with Crippen LogP contribution in [0.3, 0.4) is 0 Å². The van der Waals surface area contributed by atoms with Gasteiger partial charge in [-0.05, 0) is 18.2 Å². The van der Waals surface area contributed by atoms with Crippen LogP contribution in [-0.2, 0) is 4.79 Å². The molecule has 0 unspecified atom stereocenters. The Morgan fingerprint density at radius 1 is 1.50 bits per heavy atom. The minimum Gasteiger partial charge on any atom is -0.478 e. The standard InChI is InChI=1S/C11H12ClN3O3/c1-6(16)14-7-2-3-9(15-10(13)5-12)8(4-7)11(17)18/h2-4H,5H2,1H3,(H2,13,15)(H,14,16)(H,17,18). The molecular formula is C11H12ClN3O3. The highest BCUT2D eigenvalue weighted by Crippen LogP contribution is 2.23. The van der Waals surface area contributed by atoms with Gasteiger partial charge in [0, 0.05) is 12.6 Å². The summed E-state index contributed by atoms with van der Waals surface area (Å²) in [5, 5.41) is 11.5. The van der Waals surface area contributed by atoms with Crippen LogP contribution < -0.4 is 11.1 Å². The predicted octanol–water partition coefficient (Wildman–Crippen LogP) is 1.57. The number of amidine groups is 1. The van der Waals surface area contributed by atoms with Crippen LogP contribution >= 0.6 is 11.6 Å². The first kappa shape index (κ1) is 14.0. The van der Waals surface area contributed by atoms with Crippen LogP contribution in [-0.4, -0.2) is 28.7 Å². The number of carboxylic acid groups (broad SMARTS) is 1. The summed E-state index contributed by atoms with van der Waals surface area (Å²) in [5.74, 6) is -1.33.